The Morgan fingerprint density at radius 2 is 2.20 bits per heavy atom. The lowest BCUT2D eigenvalue weighted by molar-refractivity contribution is -0.122. The number of amides is 1. The monoisotopic (exact) mass is 284 g/mol. The molecule has 0 aromatic carbocycles. The minimum Gasteiger partial charge on any atom is -0.476 e. The Balaban J connectivity index is 2.73. The van der Waals surface area contributed by atoms with Crippen molar-refractivity contribution in [3.05, 3.63) is 11.4 Å². The summed E-state index contributed by atoms with van der Waals surface area (Å²) in [5.41, 5.74) is 0.407. The first-order valence-corrected chi connectivity index (χ1v) is 6.51. The van der Waals surface area contributed by atoms with E-state index in [1.54, 1.807) is 7.11 Å². The Kier molecular flexibility index (Phi) is 6.65. The number of carbonyl (C=O) groups is 2. The van der Waals surface area contributed by atoms with Gasteiger partial charge in [0.25, 0.3) is 0 Å². The molecule has 2 N–H and O–H groups in total. The van der Waals surface area contributed by atoms with Crippen LogP contribution in [0.1, 0.15) is 35.9 Å². The van der Waals surface area contributed by atoms with E-state index < -0.39 is 5.97 Å². The molecule has 8 heteroatoms. The third-order valence-corrected chi connectivity index (χ3v) is 2.73. The summed E-state index contributed by atoms with van der Waals surface area (Å²) in [5, 5.41) is 19.1. The first-order valence-electron chi connectivity index (χ1n) is 6.51. The van der Waals surface area contributed by atoms with Crippen molar-refractivity contribution in [3.8, 4) is 0 Å². The highest BCUT2D eigenvalue weighted by Crippen LogP contribution is 2.09. The van der Waals surface area contributed by atoms with E-state index in [0.29, 0.717) is 25.3 Å². The number of aromatic nitrogens is 3. The summed E-state index contributed by atoms with van der Waals surface area (Å²) in [6.45, 7) is 2.79. The van der Waals surface area contributed by atoms with Gasteiger partial charge in [-0.25, -0.2) is 9.48 Å². The Hall–Kier alpha value is -1.96. The molecule has 0 saturated carbocycles. The molecule has 0 aliphatic heterocycles. The molecule has 0 unspecified atom stereocenters. The summed E-state index contributed by atoms with van der Waals surface area (Å²) in [5.74, 6) is -1.37. The first-order chi connectivity index (χ1) is 9.60. The molecule has 1 rings (SSSR count). The number of aromatic carboxylic acids is 1. The van der Waals surface area contributed by atoms with Gasteiger partial charge in [-0.15, -0.1) is 5.10 Å². The van der Waals surface area contributed by atoms with Crippen LogP contribution in [0.2, 0.25) is 0 Å². The maximum atomic E-state index is 11.7. The SMILES string of the molecule is CCCCc1c(C(=O)O)nnn1CC(=O)NCCOC. The molecule has 8 nitrogen and oxygen atoms in total. The molecule has 0 aliphatic carbocycles. The molecule has 0 aliphatic rings. The fourth-order valence-electron chi connectivity index (χ4n) is 1.70. The van der Waals surface area contributed by atoms with Crippen molar-refractivity contribution in [2.45, 2.75) is 32.7 Å². The molecule has 0 bridgehead atoms. The van der Waals surface area contributed by atoms with E-state index in [2.05, 4.69) is 15.6 Å². The van der Waals surface area contributed by atoms with Crippen LogP contribution in [0.25, 0.3) is 0 Å². The van der Waals surface area contributed by atoms with Gasteiger partial charge in [-0.3, -0.25) is 4.79 Å². The Morgan fingerprint density at radius 1 is 1.45 bits per heavy atom. The maximum Gasteiger partial charge on any atom is 0.358 e. The van der Waals surface area contributed by atoms with Gasteiger partial charge in [-0.05, 0) is 12.8 Å². The van der Waals surface area contributed by atoms with Crippen LogP contribution in [0.3, 0.4) is 0 Å². The van der Waals surface area contributed by atoms with Gasteiger partial charge in [-0.1, -0.05) is 18.6 Å². The predicted octanol–water partition coefficient (Wildman–Crippen LogP) is 0.0815. The summed E-state index contributed by atoms with van der Waals surface area (Å²) in [4.78, 5) is 22.8. The van der Waals surface area contributed by atoms with Gasteiger partial charge in [0.05, 0.1) is 12.3 Å². The van der Waals surface area contributed by atoms with Crippen molar-refractivity contribution in [2.75, 3.05) is 20.3 Å². The maximum absolute atomic E-state index is 11.7. The van der Waals surface area contributed by atoms with Crippen LogP contribution >= 0.6 is 0 Å². The standard InChI is InChI=1S/C12H20N4O4/c1-3-4-5-9-11(12(18)19)14-15-16(9)8-10(17)13-6-7-20-2/h3-8H2,1-2H3,(H,13,17)(H,18,19). The molecule has 0 atom stereocenters. The lowest BCUT2D eigenvalue weighted by Crippen LogP contribution is -2.31. The number of carboxylic acids is 1. The average molecular weight is 284 g/mol. The van der Waals surface area contributed by atoms with Crippen LogP contribution in [-0.4, -0.2) is 52.2 Å². The summed E-state index contributed by atoms with van der Waals surface area (Å²) >= 11 is 0. The van der Waals surface area contributed by atoms with Crippen LogP contribution in [0.4, 0.5) is 0 Å². The normalized spacial score (nSPS) is 10.5. The molecule has 1 aromatic heterocycles. The van der Waals surface area contributed by atoms with Crippen LogP contribution in [0.5, 0.6) is 0 Å². The minimum atomic E-state index is -1.12. The fourth-order valence-corrected chi connectivity index (χ4v) is 1.70. The van der Waals surface area contributed by atoms with Gasteiger partial charge in [-0.2, -0.15) is 0 Å². The molecule has 0 saturated heterocycles. The zero-order valence-electron chi connectivity index (χ0n) is 11.8. The van der Waals surface area contributed by atoms with Crippen molar-refractivity contribution in [3.63, 3.8) is 0 Å². The molecule has 0 radical (unpaired) electrons. The van der Waals surface area contributed by atoms with Crippen molar-refractivity contribution in [1.82, 2.24) is 20.3 Å². The van der Waals surface area contributed by atoms with E-state index >= 15 is 0 Å². The number of carboxylic acid groups (broad SMARTS) is 1. The fraction of sp³-hybridized carbons (Fsp3) is 0.667. The second-order valence-electron chi connectivity index (χ2n) is 4.29. The molecular weight excluding hydrogens is 264 g/mol. The molecule has 112 valence electrons. The first kappa shape index (κ1) is 16.1. The lowest BCUT2D eigenvalue weighted by Gasteiger charge is -2.07. The van der Waals surface area contributed by atoms with Crippen LogP contribution in [0, 0.1) is 0 Å². The van der Waals surface area contributed by atoms with Crippen LogP contribution in [-0.2, 0) is 22.5 Å². The summed E-state index contributed by atoms with van der Waals surface area (Å²) in [7, 11) is 1.55. The topological polar surface area (TPSA) is 106 Å². The van der Waals surface area contributed by atoms with Crippen LogP contribution in [0.15, 0.2) is 0 Å². The highest BCUT2D eigenvalue weighted by molar-refractivity contribution is 5.86. The van der Waals surface area contributed by atoms with Gasteiger partial charge in [0.15, 0.2) is 5.69 Å². The van der Waals surface area contributed by atoms with Crippen molar-refractivity contribution in [1.29, 1.82) is 0 Å². The quantitative estimate of drug-likeness (QED) is 0.622. The number of unbranched alkanes of at least 4 members (excludes halogenated alkanes) is 1. The summed E-state index contributed by atoms with van der Waals surface area (Å²) < 4.78 is 6.18. The number of ether oxygens (including phenoxy) is 1. The number of nitrogens with one attached hydrogen (secondary N) is 1. The Morgan fingerprint density at radius 3 is 2.80 bits per heavy atom. The third kappa shape index (κ3) is 4.61. The number of hydrogen-bond donors (Lipinski definition) is 2. The van der Waals surface area contributed by atoms with Crippen molar-refractivity contribution >= 4 is 11.9 Å². The van der Waals surface area contributed by atoms with E-state index in [-0.39, 0.29) is 18.1 Å². The van der Waals surface area contributed by atoms with Gasteiger partial charge >= 0.3 is 5.97 Å². The van der Waals surface area contributed by atoms with Gasteiger partial charge < -0.3 is 15.2 Å². The van der Waals surface area contributed by atoms with Gasteiger partial charge in [0.2, 0.25) is 5.91 Å². The van der Waals surface area contributed by atoms with Crippen LogP contribution < -0.4 is 5.32 Å². The minimum absolute atomic E-state index is 0.0386. The second-order valence-corrected chi connectivity index (χ2v) is 4.29. The second kappa shape index (κ2) is 8.26. The Bertz CT molecular complexity index is 458. The number of methoxy groups -OCH3 is 1. The zero-order valence-corrected chi connectivity index (χ0v) is 11.8. The van der Waals surface area contributed by atoms with Gasteiger partial charge in [0.1, 0.15) is 6.54 Å². The molecule has 1 heterocycles. The lowest BCUT2D eigenvalue weighted by atomic mass is 10.1. The molecule has 0 spiro atoms. The molecule has 0 fully saturated rings. The van der Waals surface area contributed by atoms with E-state index in [9.17, 15) is 9.59 Å². The highest BCUT2D eigenvalue weighted by Gasteiger charge is 2.19. The average Bonchev–Trinajstić information content (AvgIpc) is 2.79. The summed E-state index contributed by atoms with van der Waals surface area (Å²) in [6.07, 6.45) is 2.28. The molecule has 20 heavy (non-hydrogen) atoms. The number of hydrogen-bond acceptors (Lipinski definition) is 5. The Labute approximate surface area is 117 Å². The number of carbonyl (C=O) groups excluding carboxylic acids is 1. The zero-order chi connectivity index (χ0) is 15.0. The van der Waals surface area contributed by atoms with E-state index in [1.165, 1.54) is 4.68 Å². The van der Waals surface area contributed by atoms with Crippen molar-refractivity contribution < 1.29 is 19.4 Å². The van der Waals surface area contributed by atoms with Crippen molar-refractivity contribution in [2.24, 2.45) is 0 Å². The third-order valence-electron chi connectivity index (χ3n) is 2.73. The van der Waals surface area contributed by atoms with Gasteiger partial charge in [0, 0.05) is 13.7 Å². The molecule has 1 amide bonds. The van der Waals surface area contributed by atoms with E-state index in [1.807, 2.05) is 6.92 Å². The molecular formula is C12H20N4O4. The smallest absolute Gasteiger partial charge is 0.358 e. The molecule has 1 aromatic rings. The van der Waals surface area contributed by atoms with E-state index in [4.69, 9.17) is 9.84 Å². The summed E-state index contributed by atoms with van der Waals surface area (Å²) in [6, 6.07) is 0. The predicted molar refractivity (Wildman–Crippen MR) is 70.5 cm³/mol. The highest BCUT2D eigenvalue weighted by atomic mass is 16.5. The number of rotatable bonds is 9. The number of nitrogens with zero attached hydrogens (tertiary/aromatic N) is 3. The largest absolute Gasteiger partial charge is 0.476 e. The van der Waals surface area contributed by atoms with E-state index in [0.717, 1.165) is 12.8 Å².